The van der Waals surface area contributed by atoms with Crippen molar-refractivity contribution >= 4 is 28.4 Å². The second kappa shape index (κ2) is 4.59. The molecule has 0 fully saturated rings. The Morgan fingerprint density at radius 3 is 2.90 bits per heavy atom. The van der Waals surface area contributed by atoms with Crippen molar-refractivity contribution in [3.63, 3.8) is 0 Å². The van der Waals surface area contributed by atoms with Gasteiger partial charge < -0.3 is 5.73 Å². The standard InChI is InChI=1S/C15H18N4S/c1-10-7-11-13(17-8-10)19(14(16)18-11)9-15(2,3)12-5-4-6-20-12/h4-8H,9H2,1-3H3,(H2,16,18). The maximum absolute atomic E-state index is 6.08. The van der Waals surface area contributed by atoms with E-state index in [4.69, 9.17) is 5.73 Å². The molecule has 3 heterocycles. The number of anilines is 1. The molecule has 0 saturated heterocycles. The van der Waals surface area contributed by atoms with Gasteiger partial charge in [0.15, 0.2) is 5.65 Å². The fourth-order valence-electron chi connectivity index (χ4n) is 2.42. The van der Waals surface area contributed by atoms with E-state index in [1.165, 1.54) is 4.88 Å². The highest BCUT2D eigenvalue weighted by atomic mass is 32.1. The van der Waals surface area contributed by atoms with Crippen molar-refractivity contribution in [2.75, 3.05) is 5.73 Å². The lowest BCUT2D eigenvalue weighted by atomic mass is 9.91. The first-order chi connectivity index (χ1) is 9.47. The van der Waals surface area contributed by atoms with Gasteiger partial charge in [-0.05, 0) is 30.0 Å². The zero-order valence-corrected chi connectivity index (χ0v) is 12.7. The molecule has 0 saturated carbocycles. The average molecular weight is 286 g/mol. The fraction of sp³-hybridized carbons (Fsp3) is 0.333. The van der Waals surface area contributed by atoms with Gasteiger partial charge in [0.1, 0.15) is 5.52 Å². The van der Waals surface area contributed by atoms with Crippen LogP contribution in [-0.4, -0.2) is 14.5 Å². The van der Waals surface area contributed by atoms with Crippen LogP contribution < -0.4 is 5.73 Å². The molecule has 0 aliphatic rings. The Kier molecular flexibility index (Phi) is 3.01. The first-order valence-corrected chi connectivity index (χ1v) is 7.48. The Morgan fingerprint density at radius 2 is 2.20 bits per heavy atom. The van der Waals surface area contributed by atoms with E-state index in [1.54, 1.807) is 11.3 Å². The predicted molar refractivity (Wildman–Crippen MR) is 84.0 cm³/mol. The lowest BCUT2D eigenvalue weighted by Gasteiger charge is -2.24. The van der Waals surface area contributed by atoms with Crippen LogP contribution in [0, 0.1) is 6.92 Å². The molecule has 20 heavy (non-hydrogen) atoms. The molecule has 3 aromatic rings. The lowest BCUT2D eigenvalue weighted by Crippen LogP contribution is -2.24. The number of thiophene rings is 1. The van der Waals surface area contributed by atoms with Gasteiger partial charge in [0, 0.05) is 23.0 Å². The smallest absolute Gasteiger partial charge is 0.202 e. The first-order valence-electron chi connectivity index (χ1n) is 6.60. The summed E-state index contributed by atoms with van der Waals surface area (Å²) in [4.78, 5) is 10.3. The van der Waals surface area contributed by atoms with Crippen LogP contribution in [0.1, 0.15) is 24.3 Å². The third-order valence-electron chi connectivity index (χ3n) is 3.49. The molecule has 0 bridgehead atoms. The highest BCUT2D eigenvalue weighted by Crippen LogP contribution is 2.31. The van der Waals surface area contributed by atoms with E-state index in [-0.39, 0.29) is 5.41 Å². The number of hydrogen-bond acceptors (Lipinski definition) is 4. The van der Waals surface area contributed by atoms with Gasteiger partial charge in [0.05, 0.1) is 0 Å². The van der Waals surface area contributed by atoms with Crippen LogP contribution in [0.2, 0.25) is 0 Å². The van der Waals surface area contributed by atoms with Gasteiger partial charge >= 0.3 is 0 Å². The van der Waals surface area contributed by atoms with Crippen LogP contribution in [0.4, 0.5) is 5.95 Å². The quantitative estimate of drug-likeness (QED) is 0.803. The van der Waals surface area contributed by atoms with Crippen molar-refractivity contribution in [2.24, 2.45) is 0 Å². The maximum Gasteiger partial charge on any atom is 0.202 e. The number of imidazole rings is 1. The Bertz CT molecular complexity index is 741. The molecule has 3 aromatic heterocycles. The molecule has 104 valence electrons. The predicted octanol–water partition coefficient (Wildman–Crippen LogP) is 3.36. The van der Waals surface area contributed by atoms with E-state index >= 15 is 0 Å². The number of nitrogens with zero attached hydrogens (tertiary/aromatic N) is 3. The van der Waals surface area contributed by atoms with Crippen molar-refractivity contribution in [1.29, 1.82) is 0 Å². The Labute approximate surface area is 122 Å². The second-order valence-electron chi connectivity index (χ2n) is 5.77. The maximum atomic E-state index is 6.08. The summed E-state index contributed by atoms with van der Waals surface area (Å²) >= 11 is 1.77. The zero-order chi connectivity index (χ0) is 14.3. The summed E-state index contributed by atoms with van der Waals surface area (Å²) in [6.45, 7) is 7.22. The zero-order valence-electron chi connectivity index (χ0n) is 11.9. The van der Waals surface area contributed by atoms with Crippen LogP contribution in [-0.2, 0) is 12.0 Å². The van der Waals surface area contributed by atoms with Crippen molar-refractivity contribution in [1.82, 2.24) is 14.5 Å². The average Bonchev–Trinajstić information content (AvgIpc) is 2.99. The monoisotopic (exact) mass is 286 g/mol. The minimum atomic E-state index is 0.00246. The minimum absolute atomic E-state index is 0.00246. The molecule has 0 radical (unpaired) electrons. The van der Waals surface area contributed by atoms with Crippen LogP contribution in [0.15, 0.2) is 29.8 Å². The lowest BCUT2D eigenvalue weighted by molar-refractivity contribution is 0.451. The van der Waals surface area contributed by atoms with E-state index < -0.39 is 0 Å². The molecule has 0 aliphatic carbocycles. The van der Waals surface area contributed by atoms with E-state index in [9.17, 15) is 0 Å². The van der Waals surface area contributed by atoms with Crippen LogP contribution in [0.5, 0.6) is 0 Å². The molecule has 0 unspecified atom stereocenters. The largest absolute Gasteiger partial charge is 0.369 e. The molecule has 0 spiro atoms. The van der Waals surface area contributed by atoms with E-state index in [0.717, 1.165) is 23.3 Å². The fourth-order valence-corrected chi connectivity index (χ4v) is 3.27. The van der Waals surface area contributed by atoms with Crippen molar-refractivity contribution in [3.05, 3.63) is 40.2 Å². The van der Waals surface area contributed by atoms with Crippen LogP contribution >= 0.6 is 11.3 Å². The number of rotatable bonds is 3. The number of aryl methyl sites for hydroxylation is 1. The number of aromatic nitrogens is 3. The normalized spacial score (nSPS) is 12.2. The van der Waals surface area contributed by atoms with Gasteiger partial charge in [-0.1, -0.05) is 19.9 Å². The van der Waals surface area contributed by atoms with E-state index in [2.05, 4.69) is 41.3 Å². The molecular formula is C15H18N4S. The van der Waals surface area contributed by atoms with Crippen molar-refractivity contribution in [2.45, 2.75) is 32.7 Å². The molecule has 0 aliphatic heterocycles. The molecule has 0 amide bonds. The summed E-state index contributed by atoms with van der Waals surface area (Å²) in [5.41, 5.74) is 8.90. The van der Waals surface area contributed by atoms with Crippen LogP contribution in [0.25, 0.3) is 11.2 Å². The number of pyridine rings is 1. The molecule has 0 atom stereocenters. The SMILES string of the molecule is Cc1cnc2c(c1)nc(N)n2CC(C)(C)c1cccs1. The van der Waals surface area contributed by atoms with Crippen molar-refractivity contribution < 1.29 is 0 Å². The highest BCUT2D eigenvalue weighted by Gasteiger charge is 2.25. The topological polar surface area (TPSA) is 56.7 Å². The number of nitrogen functional groups attached to an aromatic ring is 1. The highest BCUT2D eigenvalue weighted by molar-refractivity contribution is 7.10. The molecule has 5 heteroatoms. The Hall–Kier alpha value is -1.88. The summed E-state index contributed by atoms with van der Waals surface area (Å²) in [6.07, 6.45) is 1.86. The van der Waals surface area contributed by atoms with Gasteiger partial charge in [0.2, 0.25) is 5.95 Å². The number of fused-ring (bicyclic) bond motifs is 1. The summed E-state index contributed by atoms with van der Waals surface area (Å²) in [5, 5.41) is 2.11. The number of nitrogens with two attached hydrogens (primary N) is 1. The summed E-state index contributed by atoms with van der Waals surface area (Å²) < 4.78 is 2.01. The first kappa shape index (κ1) is 13.1. The van der Waals surface area contributed by atoms with Gasteiger partial charge in [-0.25, -0.2) is 9.97 Å². The molecule has 2 N–H and O–H groups in total. The van der Waals surface area contributed by atoms with Crippen LogP contribution in [0.3, 0.4) is 0 Å². The van der Waals surface area contributed by atoms with Crippen molar-refractivity contribution in [3.8, 4) is 0 Å². The Morgan fingerprint density at radius 1 is 1.40 bits per heavy atom. The third kappa shape index (κ3) is 2.18. The van der Waals surface area contributed by atoms with Gasteiger partial charge in [-0.3, -0.25) is 4.57 Å². The Balaban J connectivity index is 2.05. The van der Waals surface area contributed by atoms with E-state index in [0.29, 0.717) is 5.95 Å². The molecule has 3 rings (SSSR count). The molecule has 4 nitrogen and oxygen atoms in total. The molecule has 0 aromatic carbocycles. The third-order valence-corrected chi connectivity index (χ3v) is 4.73. The molecular weight excluding hydrogens is 268 g/mol. The van der Waals surface area contributed by atoms with Gasteiger partial charge in [0.25, 0.3) is 0 Å². The van der Waals surface area contributed by atoms with Gasteiger partial charge in [-0.15, -0.1) is 11.3 Å². The minimum Gasteiger partial charge on any atom is -0.369 e. The summed E-state index contributed by atoms with van der Waals surface area (Å²) in [7, 11) is 0. The van der Waals surface area contributed by atoms with Gasteiger partial charge in [-0.2, -0.15) is 0 Å². The summed E-state index contributed by atoms with van der Waals surface area (Å²) in [6, 6.07) is 6.27. The number of hydrogen-bond donors (Lipinski definition) is 1. The summed E-state index contributed by atoms with van der Waals surface area (Å²) in [5.74, 6) is 0.530. The second-order valence-corrected chi connectivity index (χ2v) is 6.72. The van der Waals surface area contributed by atoms with E-state index in [1.807, 2.05) is 23.8 Å².